The van der Waals surface area contributed by atoms with Crippen LogP contribution in [0.5, 0.6) is 0 Å². The average molecular weight is 335 g/mol. The molecular weight excluding hydrogens is 299 g/mol. The summed E-state index contributed by atoms with van der Waals surface area (Å²) in [6, 6.07) is 0. The molecule has 25 heavy (non-hydrogen) atoms. The van der Waals surface area contributed by atoms with Crippen molar-refractivity contribution in [2.24, 2.45) is 11.8 Å². The van der Waals surface area contributed by atoms with Crippen molar-refractivity contribution in [3.8, 4) is 0 Å². The van der Waals surface area contributed by atoms with E-state index >= 15 is 0 Å². The molecule has 135 valence electrons. The molecule has 0 aromatic rings. The summed E-state index contributed by atoms with van der Waals surface area (Å²) in [5, 5.41) is 0.223. The van der Waals surface area contributed by atoms with E-state index in [0.717, 1.165) is 5.92 Å². The number of hydrogen-bond donors (Lipinski definition) is 0. The second-order valence-electron chi connectivity index (χ2n) is 8.82. The van der Waals surface area contributed by atoms with Crippen LogP contribution in [-0.4, -0.2) is 7.28 Å². The maximum absolute atomic E-state index is 2.62. The molecule has 0 bridgehead atoms. The highest BCUT2D eigenvalue weighted by atomic mass is 14.3. The van der Waals surface area contributed by atoms with Crippen LogP contribution in [0.4, 0.5) is 0 Å². The van der Waals surface area contributed by atoms with Gasteiger partial charge in [-0.1, -0.05) is 94.4 Å². The number of hydrogen-bond acceptors (Lipinski definition) is 0. The second kappa shape index (κ2) is 8.61. The highest BCUT2D eigenvalue weighted by Crippen LogP contribution is 2.47. The minimum absolute atomic E-state index is 0.223. The Morgan fingerprint density at radius 3 is 2.52 bits per heavy atom. The Bertz CT molecular complexity index is 571. The van der Waals surface area contributed by atoms with Gasteiger partial charge < -0.3 is 0 Å². The van der Waals surface area contributed by atoms with E-state index in [0.29, 0.717) is 5.92 Å². The molecule has 1 saturated carbocycles. The second-order valence-corrected chi connectivity index (χ2v) is 8.82. The van der Waals surface area contributed by atoms with E-state index < -0.39 is 0 Å². The van der Waals surface area contributed by atoms with Gasteiger partial charge >= 0.3 is 0 Å². The summed E-state index contributed by atoms with van der Waals surface area (Å²) in [5.41, 5.74) is 4.94. The Balaban J connectivity index is 1.72. The lowest BCUT2D eigenvalue weighted by atomic mass is 9.42. The Morgan fingerprint density at radius 1 is 1.08 bits per heavy atom. The third kappa shape index (κ3) is 4.60. The van der Waals surface area contributed by atoms with E-state index in [1.54, 1.807) is 16.6 Å². The first kappa shape index (κ1) is 18.8. The molecule has 3 aliphatic rings. The lowest BCUT2D eigenvalue weighted by Gasteiger charge is -2.38. The van der Waals surface area contributed by atoms with Gasteiger partial charge in [0.15, 0.2) is 7.28 Å². The monoisotopic (exact) mass is 335 g/mol. The Morgan fingerprint density at radius 2 is 1.88 bits per heavy atom. The van der Waals surface area contributed by atoms with Gasteiger partial charge in [-0.25, -0.2) is 0 Å². The first-order chi connectivity index (χ1) is 12.1. The maximum atomic E-state index is 2.62. The molecule has 2 atom stereocenters. The molecule has 2 unspecified atom stereocenters. The molecule has 0 heterocycles. The van der Waals surface area contributed by atoms with Gasteiger partial charge in [0.25, 0.3) is 0 Å². The molecule has 0 amide bonds. The molecule has 3 aliphatic carbocycles. The van der Waals surface area contributed by atoms with Crippen molar-refractivity contribution in [2.75, 3.05) is 0 Å². The van der Waals surface area contributed by atoms with Crippen LogP contribution in [0.1, 0.15) is 85.0 Å². The minimum atomic E-state index is 0.223. The fourth-order valence-electron chi connectivity index (χ4n) is 5.33. The highest BCUT2D eigenvalue weighted by molar-refractivity contribution is 6.50. The summed E-state index contributed by atoms with van der Waals surface area (Å²) in [6.45, 7) is 7.19. The fourth-order valence-corrected chi connectivity index (χ4v) is 5.33. The van der Waals surface area contributed by atoms with Crippen molar-refractivity contribution in [3.05, 3.63) is 47.0 Å². The molecule has 1 heteroatoms. The zero-order valence-electron chi connectivity index (χ0n) is 16.7. The number of rotatable bonds is 6. The van der Waals surface area contributed by atoms with Gasteiger partial charge in [0, 0.05) is 0 Å². The molecule has 0 nitrogen and oxygen atoms in total. The predicted octanol–water partition coefficient (Wildman–Crippen LogP) is 7.38. The van der Waals surface area contributed by atoms with Crippen LogP contribution in [-0.2, 0) is 0 Å². The van der Waals surface area contributed by atoms with Crippen LogP contribution in [0, 0.1) is 11.8 Å². The van der Waals surface area contributed by atoms with Crippen LogP contribution in [0.2, 0.25) is 5.31 Å². The zero-order valence-corrected chi connectivity index (χ0v) is 16.7. The van der Waals surface area contributed by atoms with E-state index in [4.69, 9.17) is 0 Å². The maximum Gasteiger partial charge on any atom is 0.158 e. The average Bonchev–Trinajstić information content (AvgIpc) is 2.63. The summed E-state index contributed by atoms with van der Waals surface area (Å²) in [5.74, 6) is 1.56. The fraction of sp³-hybridized carbons (Fsp3) is 0.667. The van der Waals surface area contributed by atoms with E-state index in [9.17, 15) is 0 Å². The third-order valence-corrected chi connectivity index (χ3v) is 6.71. The van der Waals surface area contributed by atoms with E-state index in [-0.39, 0.29) is 5.31 Å². The van der Waals surface area contributed by atoms with Gasteiger partial charge in [-0.05, 0) is 49.3 Å². The molecule has 3 rings (SSSR count). The summed E-state index contributed by atoms with van der Waals surface area (Å²) in [6.07, 6.45) is 25.4. The first-order valence-electron chi connectivity index (χ1n) is 10.7. The van der Waals surface area contributed by atoms with Gasteiger partial charge in [-0.15, -0.1) is 5.47 Å². The molecule has 0 aliphatic heterocycles. The summed E-state index contributed by atoms with van der Waals surface area (Å²) >= 11 is 0. The van der Waals surface area contributed by atoms with E-state index in [1.807, 2.05) is 0 Å². The van der Waals surface area contributed by atoms with E-state index in [2.05, 4.69) is 58.4 Å². The lowest BCUT2D eigenvalue weighted by molar-refractivity contribution is 0.394. The van der Waals surface area contributed by atoms with Crippen LogP contribution >= 0.6 is 0 Å². The van der Waals surface area contributed by atoms with Crippen molar-refractivity contribution < 1.29 is 0 Å². The van der Waals surface area contributed by atoms with Gasteiger partial charge in [-0.3, -0.25) is 0 Å². The normalized spacial score (nSPS) is 27.2. The summed E-state index contributed by atoms with van der Waals surface area (Å²) in [4.78, 5) is 0. The topological polar surface area (TPSA) is 0 Å². The Hall–Kier alpha value is -0.975. The lowest BCUT2D eigenvalue weighted by Crippen LogP contribution is -2.26. The van der Waals surface area contributed by atoms with Crippen molar-refractivity contribution in [2.45, 2.75) is 90.3 Å². The van der Waals surface area contributed by atoms with Crippen molar-refractivity contribution in [1.82, 2.24) is 0 Å². The van der Waals surface area contributed by atoms with Gasteiger partial charge in [-0.2, -0.15) is 0 Å². The van der Waals surface area contributed by atoms with Crippen LogP contribution in [0.15, 0.2) is 47.0 Å². The molecule has 0 saturated heterocycles. The quantitative estimate of drug-likeness (QED) is 0.444. The third-order valence-electron chi connectivity index (χ3n) is 6.71. The first-order valence-corrected chi connectivity index (χ1v) is 10.7. The van der Waals surface area contributed by atoms with Crippen molar-refractivity contribution >= 4 is 7.28 Å². The van der Waals surface area contributed by atoms with Gasteiger partial charge in [0.05, 0.1) is 0 Å². The van der Waals surface area contributed by atoms with Gasteiger partial charge in [0.1, 0.15) is 0 Å². The van der Waals surface area contributed by atoms with Crippen LogP contribution in [0.25, 0.3) is 0 Å². The van der Waals surface area contributed by atoms with E-state index in [1.165, 1.54) is 64.2 Å². The molecular formula is C24H36B. The summed E-state index contributed by atoms with van der Waals surface area (Å²) < 4.78 is 0. The van der Waals surface area contributed by atoms with Crippen LogP contribution < -0.4 is 0 Å². The standard InChI is InChI=1S/C24H36B/c1-4-18-24(3,23-13-9-8-10-19(23)2)25-22-16-14-21(15-17-22)20-11-6-5-7-12-20/h8-9,13-14,16,19-20H,4-7,10-12,15,17-18H2,1-3H3. The molecule has 0 aromatic carbocycles. The zero-order chi connectivity index (χ0) is 17.7. The SMILES string of the molecule is CCCC(C)([B]C1=CC=C(C2CCCCC2)CC1)C1=CC=CCC1C. The highest BCUT2D eigenvalue weighted by Gasteiger charge is 2.33. The van der Waals surface area contributed by atoms with Crippen molar-refractivity contribution in [3.63, 3.8) is 0 Å². The predicted molar refractivity (Wildman–Crippen MR) is 112 cm³/mol. The van der Waals surface area contributed by atoms with Crippen molar-refractivity contribution in [1.29, 1.82) is 0 Å². The molecule has 1 fully saturated rings. The molecule has 0 N–H and O–H groups in total. The minimum Gasteiger partial charge on any atom is -0.107 e. The van der Waals surface area contributed by atoms with Crippen LogP contribution in [0.3, 0.4) is 0 Å². The smallest absolute Gasteiger partial charge is 0.107 e. The Labute approximate surface area is 156 Å². The van der Waals surface area contributed by atoms with Gasteiger partial charge in [0.2, 0.25) is 0 Å². The summed E-state index contributed by atoms with van der Waals surface area (Å²) in [7, 11) is 2.62. The molecule has 0 aromatic heterocycles. The largest absolute Gasteiger partial charge is 0.158 e. The molecule has 1 radical (unpaired) electrons. The molecule has 0 spiro atoms. The Kier molecular flexibility index (Phi) is 6.47. The number of allylic oxidation sites excluding steroid dienone is 8.